The van der Waals surface area contributed by atoms with Crippen LogP contribution in [0.25, 0.3) is 0 Å². The summed E-state index contributed by atoms with van der Waals surface area (Å²) in [7, 11) is 0. The number of hydrogen-bond donors (Lipinski definition) is 2. The van der Waals surface area contributed by atoms with Crippen molar-refractivity contribution in [2.45, 2.75) is 59.0 Å². The van der Waals surface area contributed by atoms with Crippen molar-refractivity contribution >= 4 is 23.2 Å². The van der Waals surface area contributed by atoms with Gasteiger partial charge in [-0.1, -0.05) is 50.3 Å². The first-order valence-electron chi connectivity index (χ1n) is 10.3. The minimum absolute atomic E-state index is 0.0416. The fraction of sp³-hybridized carbons (Fsp3) is 0.500. The van der Waals surface area contributed by atoms with Crippen molar-refractivity contribution in [1.29, 1.82) is 0 Å². The molecule has 0 aliphatic rings. The maximum Gasteiger partial charge on any atom is 0.270 e. The van der Waals surface area contributed by atoms with E-state index in [9.17, 15) is 9.59 Å². The monoisotopic (exact) mass is 417 g/mol. The third-order valence-corrected chi connectivity index (χ3v) is 5.23. The van der Waals surface area contributed by atoms with Crippen LogP contribution in [0.4, 0.5) is 0 Å². The van der Waals surface area contributed by atoms with Crippen LogP contribution in [0.1, 0.15) is 66.5 Å². The van der Waals surface area contributed by atoms with E-state index >= 15 is 0 Å². The molecule has 7 heteroatoms. The number of nitrogens with one attached hydrogen (secondary N) is 2. The Morgan fingerprint density at radius 3 is 2.52 bits per heavy atom. The Balaban J connectivity index is 1.60. The number of carbonyl (C=O) groups is 2. The SMILES string of the molecule is CCCCCCCC(=O)NCCNC(=O)c1csc(COc2ccc(C)cc2)n1. The van der Waals surface area contributed by atoms with E-state index < -0.39 is 0 Å². The Morgan fingerprint density at radius 2 is 1.76 bits per heavy atom. The Kier molecular flexibility index (Phi) is 10.2. The molecule has 29 heavy (non-hydrogen) atoms. The Bertz CT molecular complexity index is 759. The van der Waals surface area contributed by atoms with Gasteiger partial charge in [-0.05, 0) is 25.5 Å². The Morgan fingerprint density at radius 1 is 1.03 bits per heavy atom. The fourth-order valence-corrected chi connectivity index (χ4v) is 3.39. The predicted molar refractivity (Wildman–Crippen MR) is 116 cm³/mol. The number of benzene rings is 1. The molecule has 0 saturated carbocycles. The number of carbonyl (C=O) groups excluding carboxylic acids is 2. The smallest absolute Gasteiger partial charge is 0.270 e. The van der Waals surface area contributed by atoms with Gasteiger partial charge in [0.1, 0.15) is 23.1 Å². The van der Waals surface area contributed by atoms with E-state index in [0.29, 0.717) is 31.8 Å². The Hall–Kier alpha value is -2.41. The van der Waals surface area contributed by atoms with E-state index in [1.165, 1.54) is 36.2 Å². The van der Waals surface area contributed by atoms with Crippen LogP contribution in [0.3, 0.4) is 0 Å². The number of ether oxygens (including phenoxy) is 1. The average Bonchev–Trinajstić information content (AvgIpc) is 3.20. The lowest BCUT2D eigenvalue weighted by Crippen LogP contribution is -2.34. The van der Waals surface area contributed by atoms with Crippen molar-refractivity contribution in [1.82, 2.24) is 15.6 Å². The standard InChI is InChI=1S/C22H31N3O3S/c1-3-4-5-6-7-8-20(26)23-13-14-24-22(27)19-16-29-21(25-19)15-28-18-11-9-17(2)10-12-18/h9-12,16H,3-8,13-15H2,1-2H3,(H,23,26)(H,24,27). The molecule has 0 bridgehead atoms. The lowest BCUT2D eigenvalue weighted by atomic mass is 10.1. The number of hydrogen-bond acceptors (Lipinski definition) is 5. The minimum Gasteiger partial charge on any atom is -0.486 e. The Labute approximate surface area is 177 Å². The number of amides is 2. The highest BCUT2D eigenvalue weighted by Gasteiger charge is 2.11. The molecule has 0 aliphatic heterocycles. The van der Waals surface area contributed by atoms with Gasteiger partial charge in [-0.25, -0.2) is 4.98 Å². The molecule has 0 radical (unpaired) electrons. The third kappa shape index (κ3) is 9.09. The predicted octanol–water partition coefficient (Wildman–Crippen LogP) is 4.24. The topological polar surface area (TPSA) is 80.3 Å². The van der Waals surface area contributed by atoms with Crippen LogP contribution in [-0.2, 0) is 11.4 Å². The van der Waals surface area contributed by atoms with Crippen molar-refractivity contribution in [3.05, 3.63) is 45.9 Å². The molecule has 2 rings (SSSR count). The summed E-state index contributed by atoms with van der Waals surface area (Å²) in [6.07, 6.45) is 6.18. The summed E-state index contributed by atoms with van der Waals surface area (Å²) in [5.41, 5.74) is 1.55. The molecule has 0 spiro atoms. The number of aromatic nitrogens is 1. The zero-order valence-corrected chi connectivity index (χ0v) is 18.1. The highest BCUT2D eigenvalue weighted by atomic mass is 32.1. The number of thiazole rings is 1. The molecule has 158 valence electrons. The van der Waals surface area contributed by atoms with Gasteiger partial charge in [0.2, 0.25) is 5.91 Å². The highest BCUT2D eigenvalue weighted by molar-refractivity contribution is 7.09. The third-order valence-electron chi connectivity index (χ3n) is 4.41. The van der Waals surface area contributed by atoms with Gasteiger partial charge in [0.15, 0.2) is 0 Å². The summed E-state index contributed by atoms with van der Waals surface area (Å²) in [5, 5.41) is 8.08. The van der Waals surface area contributed by atoms with E-state index in [1.54, 1.807) is 5.38 Å². The van der Waals surface area contributed by atoms with Crippen molar-refractivity contribution < 1.29 is 14.3 Å². The quantitative estimate of drug-likeness (QED) is 0.478. The summed E-state index contributed by atoms with van der Waals surface area (Å²) in [6.45, 7) is 5.33. The maximum absolute atomic E-state index is 12.2. The summed E-state index contributed by atoms with van der Waals surface area (Å²) < 4.78 is 5.69. The number of nitrogens with zero attached hydrogens (tertiary/aromatic N) is 1. The van der Waals surface area contributed by atoms with E-state index in [4.69, 9.17) is 4.74 Å². The van der Waals surface area contributed by atoms with E-state index in [-0.39, 0.29) is 11.8 Å². The van der Waals surface area contributed by atoms with Gasteiger partial charge in [-0.2, -0.15) is 0 Å². The van der Waals surface area contributed by atoms with Crippen LogP contribution in [0.2, 0.25) is 0 Å². The second kappa shape index (κ2) is 12.9. The van der Waals surface area contributed by atoms with Gasteiger partial charge >= 0.3 is 0 Å². The molecule has 1 heterocycles. The second-order valence-electron chi connectivity index (χ2n) is 7.00. The van der Waals surface area contributed by atoms with Crippen molar-refractivity contribution in [3.63, 3.8) is 0 Å². The fourth-order valence-electron chi connectivity index (χ4n) is 2.71. The normalized spacial score (nSPS) is 10.6. The first kappa shape index (κ1) is 22.9. The molecular formula is C22H31N3O3S. The number of unbranched alkanes of at least 4 members (excludes halogenated alkanes) is 4. The highest BCUT2D eigenvalue weighted by Crippen LogP contribution is 2.16. The van der Waals surface area contributed by atoms with Gasteiger partial charge in [0.25, 0.3) is 5.91 Å². The van der Waals surface area contributed by atoms with Crippen molar-refractivity contribution in [2.75, 3.05) is 13.1 Å². The summed E-state index contributed by atoms with van der Waals surface area (Å²) >= 11 is 1.39. The van der Waals surface area contributed by atoms with E-state index in [0.717, 1.165) is 23.6 Å². The second-order valence-corrected chi connectivity index (χ2v) is 7.94. The van der Waals surface area contributed by atoms with Gasteiger partial charge in [0, 0.05) is 24.9 Å². The molecule has 0 fully saturated rings. The van der Waals surface area contributed by atoms with E-state index in [1.807, 2.05) is 31.2 Å². The minimum atomic E-state index is -0.239. The van der Waals surface area contributed by atoms with Crippen LogP contribution in [0.5, 0.6) is 5.75 Å². The van der Waals surface area contributed by atoms with Crippen LogP contribution >= 0.6 is 11.3 Å². The summed E-state index contributed by atoms with van der Waals surface area (Å²) in [6, 6.07) is 7.80. The average molecular weight is 418 g/mol. The van der Waals surface area contributed by atoms with Crippen LogP contribution in [-0.4, -0.2) is 29.9 Å². The molecule has 0 aliphatic carbocycles. The lowest BCUT2D eigenvalue weighted by molar-refractivity contribution is -0.121. The molecule has 2 N–H and O–H groups in total. The first-order valence-corrected chi connectivity index (χ1v) is 11.1. The summed E-state index contributed by atoms with van der Waals surface area (Å²) in [5.74, 6) is 0.578. The van der Waals surface area contributed by atoms with Crippen molar-refractivity contribution in [3.8, 4) is 5.75 Å². The molecule has 0 atom stereocenters. The van der Waals surface area contributed by atoms with Gasteiger partial charge in [-0.3, -0.25) is 9.59 Å². The van der Waals surface area contributed by atoms with Crippen LogP contribution < -0.4 is 15.4 Å². The molecule has 0 saturated heterocycles. The van der Waals surface area contributed by atoms with Gasteiger partial charge in [-0.15, -0.1) is 11.3 Å². The molecule has 6 nitrogen and oxygen atoms in total. The van der Waals surface area contributed by atoms with Gasteiger partial charge < -0.3 is 15.4 Å². The van der Waals surface area contributed by atoms with Crippen LogP contribution in [0.15, 0.2) is 29.6 Å². The molecule has 1 aromatic heterocycles. The molecular weight excluding hydrogens is 386 g/mol. The first-order chi connectivity index (χ1) is 14.1. The molecule has 0 unspecified atom stereocenters. The molecule has 2 amide bonds. The zero-order valence-electron chi connectivity index (χ0n) is 17.3. The largest absolute Gasteiger partial charge is 0.486 e. The lowest BCUT2D eigenvalue weighted by Gasteiger charge is -2.06. The number of rotatable bonds is 13. The molecule has 1 aromatic carbocycles. The number of aryl methyl sites for hydroxylation is 1. The van der Waals surface area contributed by atoms with Gasteiger partial charge in [0.05, 0.1) is 0 Å². The van der Waals surface area contributed by atoms with E-state index in [2.05, 4.69) is 22.5 Å². The zero-order chi connectivity index (χ0) is 20.9. The molecule has 2 aromatic rings. The maximum atomic E-state index is 12.2. The van der Waals surface area contributed by atoms with Crippen LogP contribution in [0, 0.1) is 6.92 Å². The van der Waals surface area contributed by atoms with Crippen molar-refractivity contribution in [2.24, 2.45) is 0 Å². The summed E-state index contributed by atoms with van der Waals surface area (Å²) in [4.78, 5) is 28.2.